The SMILES string of the molecule is Cc1ccc(/C=C/C(=O)NCc2cccnc2)cc1. The van der Waals surface area contributed by atoms with E-state index in [9.17, 15) is 4.79 Å². The van der Waals surface area contributed by atoms with Crippen molar-refractivity contribution in [3.63, 3.8) is 0 Å². The molecular formula is C16H16N2O. The molecule has 2 rings (SSSR count). The topological polar surface area (TPSA) is 42.0 Å². The Hall–Kier alpha value is -2.42. The van der Waals surface area contributed by atoms with Crippen LogP contribution in [-0.4, -0.2) is 10.9 Å². The molecule has 0 saturated heterocycles. The van der Waals surface area contributed by atoms with Crippen LogP contribution in [-0.2, 0) is 11.3 Å². The van der Waals surface area contributed by atoms with Gasteiger partial charge < -0.3 is 5.32 Å². The fraction of sp³-hybridized carbons (Fsp3) is 0.125. The number of carbonyl (C=O) groups is 1. The third kappa shape index (κ3) is 4.39. The monoisotopic (exact) mass is 252 g/mol. The predicted molar refractivity (Wildman–Crippen MR) is 76.3 cm³/mol. The molecule has 0 aliphatic heterocycles. The molecule has 0 bridgehead atoms. The van der Waals surface area contributed by atoms with Gasteiger partial charge in [-0.05, 0) is 30.2 Å². The lowest BCUT2D eigenvalue weighted by atomic mass is 10.1. The van der Waals surface area contributed by atoms with Crippen molar-refractivity contribution in [1.82, 2.24) is 10.3 Å². The molecule has 3 heteroatoms. The van der Waals surface area contributed by atoms with Crippen LogP contribution in [0.1, 0.15) is 16.7 Å². The van der Waals surface area contributed by atoms with E-state index in [1.54, 1.807) is 24.5 Å². The molecule has 0 saturated carbocycles. The van der Waals surface area contributed by atoms with Crippen molar-refractivity contribution in [3.8, 4) is 0 Å². The molecule has 0 atom stereocenters. The minimum absolute atomic E-state index is 0.107. The molecule has 0 radical (unpaired) electrons. The maximum absolute atomic E-state index is 11.6. The van der Waals surface area contributed by atoms with E-state index < -0.39 is 0 Å². The van der Waals surface area contributed by atoms with E-state index in [1.807, 2.05) is 43.3 Å². The average Bonchev–Trinajstić information content (AvgIpc) is 2.45. The van der Waals surface area contributed by atoms with E-state index in [0.29, 0.717) is 6.54 Å². The van der Waals surface area contributed by atoms with E-state index in [1.165, 1.54) is 5.56 Å². The highest BCUT2D eigenvalue weighted by molar-refractivity contribution is 5.91. The van der Waals surface area contributed by atoms with Crippen LogP contribution >= 0.6 is 0 Å². The van der Waals surface area contributed by atoms with Gasteiger partial charge in [0.05, 0.1) is 0 Å². The molecule has 1 amide bonds. The van der Waals surface area contributed by atoms with E-state index in [2.05, 4.69) is 10.3 Å². The fourth-order valence-corrected chi connectivity index (χ4v) is 1.60. The number of aryl methyl sites for hydroxylation is 1. The molecule has 0 spiro atoms. The van der Waals surface area contributed by atoms with E-state index in [0.717, 1.165) is 11.1 Å². The molecule has 0 aliphatic rings. The molecule has 1 aromatic heterocycles. The smallest absolute Gasteiger partial charge is 0.244 e. The predicted octanol–water partition coefficient (Wildman–Crippen LogP) is 2.72. The first-order chi connectivity index (χ1) is 9.24. The van der Waals surface area contributed by atoms with Gasteiger partial charge >= 0.3 is 0 Å². The third-order valence-electron chi connectivity index (χ3n) is 2.69. The maximum atomic E-state index is 11.6. The van der Waals surface area contributed by atoms with Crippen LogP contribution in [0.25, 0.3) is 6.08 Å². The highest BCUT2D eigenvalue weighted by Crippen LogP contribution is 2.04. The Kier molecular flexibility index (Phi) is 4.45. The molecule has 1 heterocycles. The zero-order valence-electron chi connectivity index (χ0n) is 10.8. The van der Waals surface area contributed by atoms with Crippen molar-refractivity contribution in [1.29, 1.82) is 0 Å². The highest BCUT2D eigenvalue weighted by Gasteiger charge is 1.96. The van der Waals surface area contributed by atoms with E-state index in [-0.39, 0.29) is 5.91 Å². The van der Waals surface area contributed by atoms with Gasteiger partial charge in [-0.25, -0.2) is 0 Å². The second-order valence-electron chi connectivity index (χ2n) is 4.32. The Morgan fingerprint density at radius 2 is 2.05 bits per heavy atom. The van der Waals surface area contributed by atoms with Crippen molar-refractivity contribution in [2.45, 2.75) is 13.5 Å². The average molecular weight is 252 g/mol. The number of hydrogen-bond donors (Lipinski definition) is 1. The summed E-state index contributed by atoms with van der Waals surface area (Å²) < 4.78 is 0. The molecule has 19 heavy (non-hydrogen) atoms. The molecular weight excluding hydrogens is 236 g/mol. The van der Waals surface area contributed by atoms with Gasteiger partial charge in [-0.1, -0.05) is 35.9 Å². The summed E-state index contributed by atoms with van der Waals surface area (Å²) in [5.74, 6) is -0.107. The van der Waals surface area contributed by atoms with Gasteiger partial charge in [0.2, 0.25) is 5.91 Å². The fourth-order valence-electron chi connectivity index (χ4n) is 1.60. The van der Waals surface area contributed by atoms with Crippen LogP contribution in [0, 0.1) is 6.92 Å². The minimum Gasteiger partial charge on any atom is -0.348 e. The van der Waals surface area contributed by atoms with Gasteiger partial charge in [0.25, 0.3) is 0 Å². The Morgan fingerprint density at radius 3 is 2.74 bits per heavy atom. The van der Waals surface area contributed by atoms with Crippen molar-refractivity contribution >= 4 is 12.0 Å². The normalized spacial score (nSPS) is 10.6. The number of amides is 1. The molecule has 0 fully saturated rings. The van der Waals surface area contributed by atoms with Crippen molar-refractivity contribution in [2.75, 3.05) is 0 Å². The lowest BCUT2D eigenvalue weighted by molar-refractivity contribution is -0.116. The van der Waals surface area contributed by atoms with Crippen LogP contribution in [0.3, 0.4) is 0 Å². The number of nitrogens with zero attached hydrogens (tertiary/aromatic N) is 1. The number of carbonyl (C=O) groups excluding carboxylic acids is 1. The first-order valence-corrected chi connectivity index (χ1v) is 6.15. The summed E-state index contributed by atoms with van der Waals surface area (Å²) in [6, 6.07) is 11.8. The molecule has 1 N–H and O–H groups in total. The molecule has 2 aromatic rings. The number of nitrogens with one attached hydrogen (secondary N) is 1. The first-order valence-electron chi connectivity index (χ1n) is 6.15. The summed E-state index contributed by atoms with van der Waals surface area (Å²) in [6.07, 6.45) is 6.80. The van der Waals surface area contributed by atoms with Crippen molar-refractivity contribution in [3.05, 3.63) is 71.6 Å². The Labute approximate surface area is 113 Å². The van der Waals surface area contributed by atoms with Crippen LogP contribution in [0.5, 0.6) is 0 Å². The summed E-state index contributed by atoms with van der Waals surface area (Å²) in [4.78, 5) is 15.6. The standard InChI is InChI=1S/C16H16N2O/c1-13-4-6-14(7-5-13)8-9-16(19)18-12-15-3-2-10-17-11-15/h2-11H,12H2,1H3,(H,18,19)/b9-8+. The Bertz CT molecular complexity index is 559. The number of aromatic nitrogens is 1. The van der Waals surface area contributed by atoms with Crippen molar-refractivity contribution < 1.29 is 4.79 Å². The van der Waals surface area contributed by atoms with Crippen LogP contribution in [0.15, 0.2) is 54.9 Å². The second-order valence-corrected chi connectivity index (χ2v) is 4.32. The lowest BCUT2D eigenvalue weighted by Crippen LogP contribution is -2.20. The molecule has 96 valence electrons. The quantitative estimate of drug-likeness (QED) is 0.850. The number of pyridine rings is 1. The summed E-state index contributed by atoms with van der Waals surface area (Å²) in [5.41, 5.74) is 3.21. The number of benzene rings is 1. The number of rotatable bonds is 4. The first kappa shape index (κ1) is 13.0. The third-order valence-corrected chi connectivity index (χ3v) is 2.69. The Balaban J connectivity index is 1.86. The Morgan fingerprint density at radius 1 is 1.26 bits per heavy atom. The second kappa shape index (κ2) is 6.50. The highest BCUT2D eigenvalue weighted by atomic mass is 16.1. The van der Waals surface area contributed by atoms with Gasteiger partial charge in [-0.2, -0.15) is 0 Å². The van der Waals surface area contributed by atoms with Crippen LogP contribution < -0.4 is 5.32 Å². The van der Waals surface area contributed by atoms with Crippen LogP contribution in [0.4, 0.5) is 0 Å². The largest absolute Gasteiger partial charge is 0.348 e. The lowest BCUT2D eigenvalue weighted by Gasteiger charge is -2.01. The zero-order chi connectivity index (χ0) is 13.5. The van der Waals surface area contributed by atoms with Gasteiger partial charge in [-0.15, -0.1) is 0 Å². The van der Waals surface area contributed by atoms with Gasteiger partial charge in [0.15, 0.2) is 0 Å². The van der Waals surface area contributed by atoms with Crippen molar-refractivity contribution in [2.24, 2.45) is 0 Å². The molecule has 0 aliphatic carbocycles. The summed E-state index contributed by atoms with van der Waals surface area (Å²) in [6.45, 7) is 2.53. The zero-order valence-corrected chi connectivity index (χ0v) is 10.8. The summed E-state index contributed by atoms with van der Waals surface area (Å²) >= 11 is 0. The maximum Gasteiger partial charge on any atom is 0.244 e. The van der Waals surface area contributed by atoms with Crippen LogP contribution in [0.2, 0.25) is 0 Å². The van der Waals surface area contributed by atoms with E-state index >= 15 is 0 Å². The van der Waals surface area contributed by atoms with Gasteiger partial charge in [-0.3, -0.25) is 9.78 Å². The summed E-state index contributed by atoms with van der Waals surface area (Å²) in [7, 11) is 0. The number of hydrogen-bond acceptors (Lipinski definition) is 2. The summed E-state index contributed by atoms with van der Waals surface area (Å²) in [5, 5.41) is 2.81. The molecule has 3 nitrogen and oxygen atoms in total. The molecule has 0 unspecified atom stereocenters. The molecule has 1 aromatic carbocycles. The minimum atomic E-state index is -0.107. The van der Waals surface area contributed by atoms with Gasteiger partial charge in [0.1, 0.15) is 0 Å². The van der Waals surface area contributed by atoms with Gasteiger partial charge in [0, 0.05) is 25.0 Å². The van der Waals surface area contributed by atoms with E-state index in [4.69, 9.17) is 0 Å².